The number of hydrogen-bond acceptors (Lipinski definition) is 3. The van der Waals surface area contributed by atoms with Crippen LogP contribution in [-0.2, 0) is 17.1 Å². The molecule has 0 bridgehead atoms. The van der Waals surface area contributed by atoms with Gasteiger partial charge < -0.3 is 9.88 Å². The van der Waals surface area contributed by atoms with Crippen molar-refractivity contribution in [2.75, 3.05) is 19.6 Å². The Morgan fingerprint density at radius 3 is 2.54 bits per heavy atom. The first-order valence-electron chi connectivity index (χ1n) is 8.08. The quantitative estimate of drug-likeness (QED) is 0.868. The Labute approximate surface area is 150 Å². The predicted octanol–water partition coefficient (Wildman–Crippen LogP) is 2.58. The van der Waals surface area contributed by atoms with Crippen LogP contribution in [0.2, 0.25) is 0 Å². The number of rotatable bonds is 4. The van der Waals surface area contributed by atoms with Gasteiger partial charge in [0.05, 0.1) is 0 Å². The zero-order chi connectivity index (χ0) is 16.7. The normalized spacial score (nSPS) is 17.6. The van der Waals surface area contributed by atoms with Crippen molar-refractivity contribution in [2.24, 2.45) is 12.5 Å². The van der Waals surface area contributed by atoms with E-state index in [0.29, 0.717) is 11.4 Å². The van der Waals surface area contributed by atoms with Crippen LogP contribution in [0.3, 0.4) is 0 Å². The number of nitrogens with one attached hydrogen (secondary N) is 2. The summed E-state index contributed by atoms with van der Waals surface area (Å²) in [6, 6.07) is 7.65. The number of halogens is 1. The number of sulfonamides is 1. The molecule has 3 rings (SSSR count). The number of fused-ring (bicyclic) bond motifs is 1. The van der Waals surface area contributed by atoms with Crippen molar-refractivity contribution in [1.29, 1.82) is 0 Å². The lowest BCUT2D eigenvalue weighted by molar-refractivity contribution is 0.232. The number of hydrogen-bond donors (Lipinski definition) is 2. The molecule has 0 saturated carbocycles. The number of para-hydroxylation sites is 1. The number of aryl methyl sites for hydroxylation is 1. The van der Waals surface area contributed by atoms with Crippen LogP contribution in [0.5, 0.6) is 0 Å². The van der Waals surface area contributed by atoms with Gasteiger partial charge in [0.1, 0.15) is 4.90 Å². The van der Waals surface area contributed by atoms with E-state index in [-0.39, 0.29) is 17.8 Å². The molecule has 1 saturated heterocycles. The van der Waals surface area contributed by atoms with Gasteiger partial charge in [-0.3, -0.25) is 0 Å². The molecule has 0 unspecified atom stereocenters. The molecule has 1 aromatic heterocycles. The summed E-state index contributed by atoms with van der Waals surface area (Å²) in [7, 11) is -1.62. The Hall–Kier alpha value is -1.08. The van der Waals surface area contributed by atoms with E-state index < -0.39 is 10.0 Å². The molecule has 1 fully saturated rings. The summed E-state index contributed by atoms with van der Waals surface area (Å²) in [6.45, 7) is 6.41. The summed E-state index contributed by atoms with van der Waals surface area (Å²) in [5.41, 5.74) is 1.74. The average molecular weight is 372 g/mol. The molecule has 2 N–H and O–H groups in total. The maximum atomic E-state index is 12.9. The van der Waals surface area contributed by atoms with Crippen molar-refractivity contribution in [3.8, 4) is 0 Å². The fourth-order valence-corrected chi connectivity index (χ4v) is 5.04. The third-order valence-electron chi connectivity index (χ3n) is 5.11. The van der Waals surface area contributed by atoms with Gasteiger partial charge in [-0.1, -0.05) is 25.1 Å². The SMILES string of the molecule is Cc1c(S(=O)(=O)NCC2(C)CCNCC2)c2ccccc2n1C.Cl. The Morgan fingerprint density at radius 1 is 1.25 bits per heavy atom. The minimum Gasteiger partial charge on any atom is -0.347 e. The van der Waals surface area contributed by atoms with Crippen molar-refractivity contribution in [3.05, 3.63) is 30.0 Å². The third-order valence-corrected chi connectivity index (χ3v) is 6.69. The molecule has 1 aromatic carbocycles. The van der Waals surface area contributed by atoms with Crippen LogP contribution in [0.25, 0.3) is 10.9 Å². The van der Waals surface area contributed by atoms with E-state index in [1.165, 1.54) is 0 Å². The lowest BCUT2D eigenvalue weighted by atomic mass is 9.81. The molecule has 0 atom stereocenters. The summed E-state index contributed by atoms with van der Waals surface area (Å²) in [6.07, 6.45) is 1.98. The van der Waals surface area contributed by atoms with Gasteiger partial charge in [0.2, 0.25) is 10.0 Å². The Bertz CT molecular complexity index is 824. The molecular weight excluding hydrogens is 346 g/mol. The first-order chi connectivity index (χ1) is 10.8. The molecule has 24 heavy (non-hydrogen) atoms. The molecule has 0 aliphatic carbocycles. The summed E-state index contributed by atoms with van der Waals surface area (Å²) >= 11 is 0. The van der Waals surface area contributed by atoms with E-state index in [4.69, 9.17) is 0 Å². The van der Waals surface area contributed by atoms with Gasteiger partial charge in [0.25, 0.3) is 0 Å². The molecule has 5 nitrogen and oxygen atoms in total. The number of aromatic nitrogens is 1. The van der Waals surface area contributed by atoms with Gasteiger partial charge in [0.15, 0.2) is 0 Å². The molecule has 1 aliphatic heterocycles. The maximum absolute atomic E-state index is 12.9. The van der Waals surface area contributed by atoms with Crippen LogP contribution < -0.4 is 10.0 Å². The van der Waals surface area contributed by atoms with Crippen LogP contribution in [-0.4, -0.2) is 32.6 Å². The summed E-state index contributed by atoms with van der Waals surface area (Å²) in [4.78, 5) is 0.410. The number of nitrogens with zero attached hydrogens (tertiary/aromatic N) is 1. The van der Waals surface area contributed by atoms with Gasteiger partial charge in [-0.15, -0.1) is 12.4 Å². The minimum absolute atomic E-state index is 0. The highest BCUT2D eigenvalue weighted by Gasteiger charge is 2.30. The number of piperidine rings is 1. The second-order valence-electron chi connectivity index (χ2n) is 6.88. The second-order valence-corrected chi connectivity index (χ2v) is 8.58. The fourth-order valence-electron chi connectivity index (χ4n) is 3.37. The number of benzene rings is 1. The van der Waals surface area contributed by atoms with E-state index in [1.807, 2.05) is 42.8 Å². The molecule has 0 spiro atoms. The van der Waals surface area contributed by atoms with Crippen molar-refractivity contribution >= 4 is 33.3 Å². The zero-order valence-electron chi connectivity index (χ0n) is 14.4. The Kier molecular flexibility index (Phi) is 5.64. The molecule has 0 amide bonds. The monoisotopic (exact) mass is 371 g/mol. The van der Waals surface area contributed by atoms with Gasteiger partial charge in [0, 0.05) is 30.2 Å². The topological polar surface area (TPSA) is 63.1 Å². The molecule has 7 heteroatoms. The molecule has 134 valence electrons. The first kappa shape index (κ1) is 19.2. The predicted molar refractivity (Wildman–Crippen MR) is 100 cm³/mol. The summed E-state index contributed by atoms with van der Waals surface area (Å²) in [5, 5.41) is 4.11. The van der Waals surface area contributed by atoms with E-state index >= 15 is 0 Å². The Balaban J connectivity index is 0.00000208. The van der Waals surface area contributed by atoms with Crippen molar-refractivity contribution in [3.63, 3.8) is 0 Å². The highest BCUT2D eigenvalue weighted by molar-refractivity contribution is 7.89. The molecule has 0 radical (unpaired) electrons. The maximum Gasteiger partial charge on any atom is 0.242 e. The van der Waals surface area contributed by atoms with Gasteiger partial charge in [-0.05, 0) is 44.3 Å². The molecular formula is C17H26ClN3O2S. The largest absolute Gasteiger partial charge is 0.347 e. The smallest absolute Gasteiger partial charge is 0.242 e. The first-order valence-corrected chi connectivity index (χ1v) is 9.57. The van der Waals surface area contributed by atoms with Crippen LogP contribution in [0.1, 0.15) is 25.5 Å². The van der Waals surface area contributed by atoms with Crippen molar-refractivity contribution in [1.82, 2.24) is 14.6 Å². The van der Waals surface area contributed by atoms with Gasteiger partial charge in [-0.2, -0.15) is 0 Å². The van der Waals surface area contributed by atoms with Gasteiger partial charge in [-0.25, -0.2) is 13.1 Å². The second kappa shape index (κ2) is 7.04. The van der Waals surface area contributed by atoms with Crippen LogP contribution >= 0.6 is 12.4 Å². The van der Waals surface area contributed by atoms with E-state index in [9.17, 15) is 8.42 Å². The molecule has 2 heterocycles. The van der Waals surface area contributed by atoms with Crippen LogP contribution in [0, 0.1) is 12.3 Å². The fraction of sp³-hybridized carbons (Fsp3) is 0.529. The lowest BCUT2D eigenvalue weighted by Gasteiger charge is -2.34. The lowest BCUT2D eigenvalue weighted by Crippen LogP contribution is -2.42. The molecule has 2 aromatic rings. The van der Waals surface area contributed by atoms with E-state index in [0.717, 1.165) is 42.5 Å². The van der Waals surface area contributed by atoms with Gasteiger partial charge >= 0.3 is 0 Å². The zero-order valence-corrected chi connectivity index (χ0v) is 16.1. The summed E-state index contributed by atoms with van der Waals surface area (Å²) in [5.74, 6) is 0. The van der Waals surface area contributed by atoms with E-state index in [1.54, 1.807) is 0 Å². The van der Waals surface area contributed by atoms with Crippen LogP contribution in [0.15, 0.2) is 29.2 Å². The highest BCUT2D eigenvalue weighted by atomic mass is 35.5. The highest BCUT2D eigenvalue weighted by Crippen LogP contribution is 2.31. The Morgan fingerprint density at radius 2 is 1.88 bits per heavy atom. The minimum atomic E-state index is -3.53. The van der Waals surface area contributed by atoms with Crippen molar-refractivity contribution < 1.29 is 8.42 Å². The van der Waals surface area contributed by atoms with E-state index in [2.05, 4.69) is 17.0 Å². The standard InChI is InChI=1S/C17H25N3O2S.ClH/c1-13-16(14-6-4-5-7-15(14)20(13)3)23(21,22)19-12-17(2)8-10-18-11-9-17;/h4-7,18-19H,8-12H2,1-3H3;1H. The average Bonchev–Trinajstić information content (AvgIpc) is 2.79. The van der Waals surface area contributed by atoms with Crippen LogP contribution in [0.4, 0.5) is 0 Å². The summed E-state index contributed by atoms with van der Waals surface area (Å²) < 4.78 is 30.7. The molecule has 1 aliphatic rings. The van der Waals surface area contributed by atoms with Crippen molar-refractivity contribution in [2.45, 2.75) is 31.6 Å². The third kappa shape index (κ3) is 3.47.